The number of carboxylic acid groups (broad SMARTS) is 1. The molecule has 0 saturated heterocycles. The first-order valence-electron chi connectivity index (χ1n) is 8.42. The number of benzene rings is 1. The molecule has 0 spiro atoms. The quantitative estimate of drug-likeness (QED) is 0.482. The molecular formula is C18H22N6O2. The lowest BCUT2D eigenvalue weighted by Gasteiger charge is -2.10. The zero-order valence-electron chi connectivity index (χ0n) is 14.5. The Hall–Kier alpha value is -2.97. The van der Waals surface area contributed by atoms with E-state index < -0.39 is 12.0 Å². The molecule has 1 atom stereocenters. The van der Waals surface area contributed by atoms with Gasteiger partial charge in [-0.15, -0.1) is 0 Å². The van der Waals surface area contributed by atoms with E-state index in [1.165, 1.54) is 0 Å². The summed E-state index contributed by atoms with van der Waals surface area (Å²) in [6.07, 6.45) is 3.63. The molecule has 1 unspecified atom stereocenters. The summed E-state index contributed by atoms with van der Waals surface area (Å²) in [6, 6.07) is 9.15. The van der Waals surface area contributed by atoms with Crippen molar-refractivity contribution in [3.63, 3.8) is 0 Å². The molecule has 0 aliphatic rings. The smallest absolute Gasteiger partial charge is 0.320 e. The van der Waals surface area contributed by atoms with Crippen molar-refractivity contribution < 1.29 is 9.90 Å². The van der Waals surface area contributed by atoms with Crippen molar-refractivity contribution in [1.82, 2.24) is 19.9 Å². The van der Waals surface area contributed by atoms with E-state index in [9.17, 15) is 4.79 Å². The second-order valence-electron chi connectivity index (χ2n) is 6.00. The van der Waals surface area contributed by atoms with Gasteiger partial charge < -0.3 is 21.5 Å². The van der Waals surface area contributed by atoms with Crippen molar-refractivity contribution in [2.75, 3.05) is 18.4 Å². The molecule has 26 heavy (non-hydrogen) atoms. The summed E-state index contributed by atoms with van der Waals surface area (Å²) in [5.41, 5.74) is 9.15. The van der Waals surface area contributed by atoms with Crippen LogP contribution in [0.15, 0.2) is 42.7 Å². The molecule has 0 radical (unpaired) electrons. The summed E-state index contributed by atoms with van der Waals surface area (Å²) < 4.78 is 1.72. The average molecular weight is 354 g/mol. The number of nitrogens with one attached hydrogen (secondary N) is 2. The van der Waals surface area contributed by atoms with Crippen LogP contribution in [0.25, 0.3) is 16.8 Å². The van der Waals surface area contributed by atoms with Crippen molar-refractivity contribution in [2.45, 2.75) is 19.5 Å². The molecule has 1 aromatic carbocycles. The first-order chi connectivity index (χ1) is 12.6. The van der Waals surface area contributed by atoms with E-state index in [2.05, 4.69) is 20.7 Å². The molecule has 0 saturated carbocycles. The molecule has 2 aromatic heterocycles. The fraction of sp³-hybridized carbons (Fsp3) is 0.278. The molecule has 8 nitrogen and oxygen atoms in total. The highest BCUT2D eigenvalue weighted by Crippen LogP contribution is 2.25. The molecule has 136 valence electrons. The number of nitrogens with zero attached hydrogens (tertiary/aromatic N) is 3. The van der Waals surface area contributed by atoms with Gasteiger partial charge in [0, 0.05) is 31.4 Å². The Morgan fingerprint density at radius 1 is 1.38 bits per heavy atom. The highest BCUT2D eigenvalue weighted by molar-refractivity contribution is 5.78. The number of rotatable bonds is 8. The zero-order chi connectivity index (χ0) is 18.5. The van der Waals surface area contributed by atoms with E-state index in [-0.39, 0.29) is 0 Å². The van der Waals surface area contributed by atoms with Gasteiger partial charge in [0.15, 0.2) is 5.65 Å². The molecule has 0 bridgehead atoms. The van der Waals surface area contributed by atoms with Crippen LogP contribution in [0.2, 0.25) is 0 Å². The molecule has 0 aliphatic heterocycles. The van der Waals surface area contributed by atoms with Gasteiger partial charge in [-0.05, 0) is 30.2 Å². The number of aromatic nitrogens is 3. The molecule has 0 fully saturated rings. The number of aliphatic carboxylic acids is 1. The lowest BCUT2D eigenvalue weighted by atomic mass is 10.1. The third kappa shape index (κ3) is 3.98. The van der Waals surface area contributed by atoms with Crippen LogP contribution in [0.3, 0.4) is 0 Å². The molecular weight excluding hydrogens is 332 g/mol. The van der Waals surface area contributed by atoms with Gasteiger partial charge in [0.1, 0.15) is 11.9 Å². The first kappa shape index (κ1) is 17.8. The summed E-state index contributed by atoms with van der Waals surface area (Å²) in [7, 11) is 0. The van der Waals surface area contributed by atoms with Gasteiger partial charge in [0.2, 0.25) is 0 Å². The van der Waals surface area contributed by atoms with E-state index in [1.54, 1.807) is 17.6 Å². The topological polar surface area (TPSA) is 118 Å². The first-order valence-corrected chi connectivity index (χ1v) is 8.42. The summed E-state index contributed by atoms with van der Waals surface area (Å²) in [5.74, 6) is -0.122. The number of fused-ring (bicyclic) bond motifs is 1. The Balaban J connectivity index is 1.86. The summed E-state index contributed by atoms with van der Waals surface area (Å²) in [5, 5.41) is 19.5. The predicted octanol–water partition coefficient (Wildman–Crippen LogP) is 1.33. The third-order valence-electron chi connectivity index (χ3n) is 4.04. The number of carbonyl (C=O) groups is 1. The van der Waals surface area contributed by atoms with Crippen LogP contribution in [0.5, 0.6) is 0 Å². The summed E-state index contributed by atoms with van der Waals surface area (Å²) >= 11 is 0. The standard InChI is InChI=1S/C18H22N6O2/c1-12(18(25)26)21-10-13-3-2-4-14(9-13)15-11-22-24-8-5-16(20-7-6-19)23-17(15)24/h2-5,8-9,11-12,21H,6-7,10,19H2,1H3,(H,20,23)(H,25,26). The van der Waals surface area contributed by atoms with E-state index in [0.29, 0.717) is 19.6 Å². The molecule has 0 aliphatic carbocycles. The third-order valence-corrected chi connectivity index (χ3v) is 4.04. The molecule has 3 aromatic rings. The minimum atomic E-state index is -0.870. The highest BCUT2D eigenvalue weighted by atomic mass is 16.4. The van der Waals surface area contributed by atoms with Crippen LogP contribution < -0.4 is 16.4 Å². The van der Waals surface area contributed by atoms with Gasteiger partial charge in [0.05, 0.1) is 6.20 Å². The normalized spacial score (nSPS) is 12.2. The van der Waals surface area contributed by atoms with Crippen molar-refractivity contribution >= 4 is 17.4 Å². The fourth-order valence-corrected chi connectivity index (χ4v) is 2.58. The van der Waals surface area contributed by atoms with E-state index in [1.807, 2.05) is 36.5 Å². The van der Waals surface area contributed by atoms with Gasteiger partial charge in [0.25, 0.3) is 0 Å². The van der Waals surface area contributed by atoms with Crippen LogP contribution >= 0.6 is 0 Å². The lowest BCUT2D eigenvalue weighted by Crippen LogP contribution is -2.33. The lowest BCUT2D eigenvalue weighted by molar-refractivity contribution is -0.139. The Morgan fingerprint density at radius 2 is 2.23 bits per heavy atom. The molecule has 5 N–H and O–H groups in total. The predicted molar refractivity (Wildman–Crippen MR) is 99.9 cm³/mol. The SMILES string of the molecule is CC(NCc1cccc(-c2cnn3ccc(NCCN)nc23)c1)C(=O)O. The minimum Gasteiger partial charge on any atom is -0.480 e. The van der Waals surface area contributed by atoms with Crippen molar-refractivity contribution in [3.05, 3.63) is 48.3 Å². The van der Waals surface area contributed by atoms with Crippen molar-refractivity contribution in [2.24, 2.45) is 5.73 Å². The molecule has 0 amide bonds. The zero-order valence-corrected chi connectivity index (χ0v) is 14.5. The average Bonchev–Trinajstić information content (AvgIpc) is 3.07. The Kier molecular flexibility index (Phi) is 5.45. The number of nitrogens with two attached hydrogens (primary N) is 1. The van der Waals surface area contributed by atoms with Gasteiger partial charge in [-0.2, -0.15) is 5.10 Å². The van der Waals surface area contributed by atoms with Gasteiger partial charge in [-0.25, -0.2) is 9.50 Å². The minimum absolute atomic E-state index is 0.469. The molecule has 2 heterocycles. The van der Waals surface area contributed by atoms with Crippen LogP contribution in [0.1, 0.15) is 12.5 Å². The number of hydrogen-bond acceptors (Lipinski definition) is 6. The second kappa shape index (κ2) is 7.94. The monoisotopic (exact) mass is 354 g/mol. The van der Waals surface area contributed by atoms with E-state index in [0.717, 1.165) is 28.2 Å². The Labute approximate surface area is 151 Å². The maximum absolute atomic E-state index is 10.9. The number of hydrogen-bond donors (Lipinski definition) is 4. The van der Waals surface area contributed by atoms with Gasteiger partial charge in [-0.3, -0.25) is 4.79 Å². The van der Waals surface area contributed by atoms with Crippen LogP contribution in [-0.4, -0.2) is 44.8 Å². The van der Waals surface area contributed by atoms with Crippen molar-refractivity contribution in [1.29, 1.82) is 0 Å². The van der Waals surface area contributed by atoms with Crippen molar-refractivity contribution in [3.8, 4) is 11.1 Å². The second-order valence-corrected chi connectivity index (χ2v) is 6.00. The highest BCUT2D eigenvalue weighted by Gasteiger charge is 2.12. The van der Waals surface area contributed by atoms with Crippen LogP contribution in [-0.2, 0) is 11.3 Å². The largest absolute Gasteiger partial charge is 0.480 e. The van der Waals surface area contributed by atoms with E-state index in [4.69, 9.17) is 10.8 Å². The maximum Gasteiger partial charge on any atom is 0.320 e. The number of anilines is 1. The van der Waals surface area contributed by atoms with Crippen LogP contribution in [0, 0.1) is 0 Å². The summed E-state index contributed by atoms with van der Waals surface area (Å²) in [4.78, 5) is 15.5. The van der Waals surface area contributed by atoms with E-state index >= 15 is 0 Å². The maximum atomic E-state index is 10.9. The summed E-state index contributed by atoms with van der Waals surface area (Å²) in [6.45, 7) is 3.27. The fourth-order valence-electron chi connectivity index (χ4n) is 2.58. The van der Waals surface area contributed by atoms with Crippen LogP contribution in [0.4, 0.5) is 5.82 Å². The van der Waals surface area contributed by atoms with Gasteiger partial charge >= 0.3 is 5.97 Å². The molecule has 8 heteroatoms. The Morgan fingerprint density at radius 3 is 3.00 bits per heavy atom. The van der Waals surface area contributed by atoms with Gasteiger partial charge in [-0.1, -0.05) is 18.2 Å². The Bertz CT molecular complexity index is 908. The number of carboxylic acids is 1. The molecule has 3 rings (SSSR count).